The van der Waals surface area contributed by atoms with E-state index in [1.165, 1.54) is 0 Å². The molecule has 1 aliphatic heterocycles. The summed E-state index contributed by atoms with van der Waals surface area (Å²) in [6.07, 6.45) is 4.74. The number of nitrogens with two attached hydrogens (primary N) is 1. The predicted octanol–water partition coefficient (Wildman–Crippen LogP) is 2.13. The normalized spacial score (nSPS) is 20.2. The number of likely N-dealkylation sites (tertiary alicyclic amines) is 1. The lowest BCUT2D eigenvalue weighted by atomic mass is 10.0. The van der Waals surface area contributed by atoms with Gasteiger partial charge in [-0.05, 0) is 37.7 Å². The van der Waals surface area contributed by atoms with Crippen molar-refractivity contribution in [2.75, 3.05) is 19.6 Å². The molecule has 6 heteroatoms. The lowest BCUT2D eigenvalue weighted by molar-refractivity contribution is -0.131. The van der Waals surface area contributed by atoms with Gasteiger partial charge in [0.1, 0.15) is 6.61 Å². The first-order valence-corrected chi connectivity index (χ1v) is 9.16. The van der Waals surface area contributed by atoms with Gasteiger partial charge in [-0.2, -0.15) is 0 Å². The van der Waals surface area contributed by atoms with E-state index in [9.17, 15) is 9.59 Å². The van der Waals surface area contributed by atoms with E-state index in [-0.39, 0.29) is 31.2 Å². The molecule has 2 fully saturated rings. The van der Waals surface area contributed by atoms with Gasteiger partial charge in [0.05, 0.1) is 12.6 Å². The number of hydrogen-bond donors (Lipinski definition) is 1. The molecule has 0 unspecified atom stereocenters. The van der Waals surface area contributed by atoms with Crippen molar-refractivity contribution in [2.45, 2.75) is 50.8 Å². The van der Waals surface area contributed by atoms with Crippen LogP contribution in [0.1, 0.15) is 37.7 Å². The molecule has 2 N–H and O–H groups in total. The van der Waals surface area contributed by atoms with Gasteiger partial charge in [-0.1, -0.05) is 30.3 Å². The van der Waals surface area contributed by atoms with Crippen molar-refractivity contribution in [3.8, 4) is 0 Å². The van der Waals surface area contributed by atoms with Gasteiger partial charge in [-0.3, -0.25) is 4.79 Å². The molecule has 2 amide bonds. The van der Waals surface area contributed by atoms with Crippen molar-refractivity contribution >= 4 is 12.0 Å². The summed E-state index contributed by atoms with van der Waals surface area (Å²) in [6.45, 7) is 1.56. The number of piperidine rings is 1. The van der Waals surface area contributed by atoms with Crippen LogP contribution in [0, 0.1) is 0 Å². The van der Waals surface area contributed by atoms with Gasteiger partial charge in [0.2, 0.25) is 5.91 Å². The van der Waals surface area contributed by atoms with E-state index < -0.39 is 0 Å². The largest absolute Gasteiger partial charge is 0.445 e. The number of carbonyl (C=O) groups is 2. The number of hydrogen-bond acceptors (Lipinski definition) is 4. The van der Waals surface area contributed by atoms with E-state index >= 15 is 0 Å². The maximum Gasteiger partial charge on any atom is 0.410 e. The van der Waals surface area contributed by atoms with Gasteiger partial charge in [-0.15, -0.1) is 0 Å². The Bertz CT molecular complexity index is 589. The highest BCUT2D eigenvalue weighted by Crippen LogP contribution is 2.29. The molecule has 0 spiro atoms. The van der Waals surface area contributed by atoms with Crippen LogP contribution in [0.4, 0.5) is 4.79 Å². The predicted molar refractivity (Wildman–Crippen MR) is 94.8 cm³/mol. The number of rotatable bonds is 6. The van der Waals surface area contributed by atoms with Crippen LogP contribution < -0.4 is 5.73 Å². The molecule has 0 radical (unpaired) electrons. The smallest absolute Gasteiger partial charge is 0.410 e. The Morgan fingerprint density at radius 1 is 1.16 bits per heavy atom. The van der Waals surface area contributed by atoms with Crippen molar-refractivity contribution < 1.29 is 14.3 Å². The average molecular weight is 345 g/mol. The third-order valence-corrected chi connectivity index (χ3v) is 4.96. The summed E-state index contributed by atoms with van der Waals surface area (Å²) in [5, 5.41) is 0. The Labute approximate surface area is 148 Å². The summed E-state index contributed by atoms with van der Waals surface area (Å²) in [4.78, 5) is 28.4. The minimum absolute atomic E-state index is 0.0214. The van der Waals surface area contributed by atoms with Crippen LogP contribution in [0.5, 0.6) is 0 Å². The second-order valence-corrected chi connectivity index (χ2v) is 6.86. The second-order valence-electron chi connectivity index (χ2n) is 6.86. The molecule has 1 aromatic rings. The summed E-state index contributed by atoms with van der Waals surface area (Å²) < 4.78 is 5.50. The van der Waals surface area contributed by atoms with E-state index in [2.05, 4.69) is 0 Å². The summed E-state index contributed by atoms with van der Waals surface area (Å²) in [6, 6.07) is 10.0. The van der Waals surface area contributed by atoms with E-state index in [1.54, 1.807) is 4.90 Å². The fourth-order valence-corrected chi connectivity index (χ4v) is 3.42. The Morgan fingerprint density at radius 3 is 2.60 bits per heavy atom. The molecule has 136 valence electrons. The first kappa shape index (κ1) is 17.7. The van der Waals surface area contributed by atoms with Crippen LogP contribution >= 0.6 is 0 Å². The van der Waals surface area contributed by atoms with Gasteiger partial charge in [0.15, 0.2) is 0 Å². The number of carbonyl (C=O) groups excluding carboxylic acids is 2. The molecule has 1 saturated carbocycles. The average Bonchev–Trinajstić information content (AvgIpc) is 3.49. The highest BCUT2D eigenvalue weighted by molar-refractivity contribution is 5.79. The summed E-state index contributed by atoms with van der Waals surface area (Å²) >= 11 is 0. The molecular weight excluding hydrogens is 318 g/mol. The standard InChI is InChI=1S/C19H27N3O3/c20-12-18(23)22(16-9-10-16)13-17-8-4-5-11-21(17)19(24)25-14-15-6-2-1-3-7-15/h1-3,6-7,16-17H,4-5,8-14,20H2/t17-/m0/s1. The van der Waals surface area contributed by atoms with Crippen LogP contribution in [0.3, 0.4) is 0 Å². The Balaban J connectivity index is 1.59. The van der Waals surface area contributed by atoms with Crippen molar-refractivity contribution in [3.05, 3.63) is 35.9 Å². The Morgan fingerprint density at radius 2 is 1.92 bits per heavy atom. The zero-order chi connectivity index (χ0) is 17.6. The van der Waals surface area contributed by atoms with Crippen LogP contribution in [-0.4, -0.2) is 53.5 Å². The van der Waals surface area contributed by atoms with E-state index in [0.29, 0.717) is 19.1 Å². The topological polar surface area (TPSA) is 75.9 Å². The van der Waals surface area contributed by atoms with Gasteiger partial charge in [0, 0.05) is 19.1 Å². The van der Waals surface area contributed by atoms with Crippen LogP contribution in [0.25, 0.3) is 0 Å². The summed E-state index contributed by atoms with van der Waals surface area (Å²) in [5.74, 6) is -0.0225. The van der Waals surface area contributed by atoms with E-state index in [0.717, 1.165) is 37.7 Å². The highest BCUT2D eigenvalue weighted by Gasteiger charge is 2.36. The SMILES string of the molecule is NCC(=O)N(C[C@@H]1CCCCN1C(=O)OCc1ccccc1)C1CC1. The van der Waals surface area contributed by atoms with Crippen molar-refractivity contribution in [2.24, 2.45) is 5.73 Å². The molecular formula is C19H27N3O3. The molecule has 3 rings (SSSR count). The number of ether oxygens (including phenoxy) is 1. The van der Waals surface area contributed by atoms with Gasteiger partial charge in [-0.25, -0.2) is 4.79 Å². The quantitative estimate of drug-likeness (QED) is 0.857. The van der Waals surface area contributed by atoms with E-state index in [4.69, 9.17) is 10.5 Å². The minimum atomic E-state index is -0.288. The lowest BCUT2D eigenvalue weighted by Gasteiger charge is -2.38. The number of amides is 2. The molecule has 0 aromatic heterocycles. The number of benzene rings is 1. The number of nitrogens with zero attached hydrogens (tertiary/aromatic N) is 2. The van der Waals surface area contributed by atoms with E-state index in [1.807, 2.05) is 35.2 Å². The Kier molecular flexibility index (Phi) is 5.91. The van der Waals surface area contributed by atoms with Gasteiger partial charge < -0.3 is 20.3 Å². The molecule has 6 nitrogen and oxygen atoms in total. The van der Waals surface area contributed by atoms with Crippen LogP contribution in [-0.2, 0) is 16.1 Å². The molecule has 1 atom stereocenters. The highest BCUT2D eigenvalue weighted by atomic mass is 16.6. The lowest BCUT2D eigenvalue weighted by Crippen LogP contribution is -2.52. The zero-order valence-electron chi connectivity index (χ0n) is 14.6. The maximum atomic E-state index is 12.6. The fraction of sp³-hybridized carbons (Fsp3) is 0.579. The third-order valence-electron chi connectivity index (χ3n) is 4.96. The summed E-state index contributed by atoms with van der Waals surface area (Å²) in [5.41, 5.74) is 6.53. The van der Waals surface area contributed by atoms with Crippen molar-refractivity contribution in [1.29, 1.82) is 0 Å². The molecule has 1 aliphatic carbocycles. The second kappa shape index (κ2) is 8.34. The molecule has 1 saturated heterocycles. The molecule has 1 heterocycles. The van der Waals surface area contributed by atoms with Crippen molar-refractivity contribution in [1.82, 2.24) is 9.80 Å². The first-order chi connectivity index (χ1) is 12.2. The third kappa shape index (κ3) is 4.72. The van der Waals surface area contributed by atoms with Gasteiger partial charge in [0.25, 0.3) is 0 Å². The molecule has 0 bridgehead atoms. The molecule has 1 aromatic carbocycles. The summed E-state index contributed by atoms with van der Waals surface area (Å²) in [7, 11) is 0. The van der Waals surface area contributed by atoms with Crippen LogP contribution in [0.2, 0.25) is 0 Å². The zero-order valence-corrected chi connectivity index (χ0v) is 14.6. The van der Waals surface area contributed by atoms with Gasteiger partial charge >= 0.3 is 6.09 Å². The minimum Gasteiger partial charge on any atom is -0.445 e. The monoisotopic (exact) mass is 345 g/mol. The Hall–Kier alpha value is -2.08. The van der Waals surface area contributed by atoms with Crippen LogP contribution in [0.15, 0.2) is 30.3 Å². The maximum absolute atomic E-state index is 12.6. The fourth-order valence-electron chi connectivity index (χ4n) is 3.42. The van der Waals surface area contributed by atoms with Crippen molar-refractivity contribution in [3.63, 3.8) is 0 Å². The first-order valence-electron chi connectivity index (χ1n) is 9.16. The molecule has 25 heavy (non-hydrogen) atoms. The molecule has 2 aliphatic rings.